The number of hydrogen-bond donors (Lipinski definition) is 0. The Morgan fingerprint density at radius 2 is 1.82 bits per heavy atom. The van der Waals surface area contributed by atoms with E-state index in [1.807, 2.05) is 6.07 Å². The van der Waals surface area contributed by atoms with Crippen molar-refractivity contribution in [2.75, 3.05) is 0 Å². The minimum Gasteiger partial charge on any atom is -0.290 e. The number of carbonyl (C=O) groups excluding carboxylic acids is 1. The molecule has 0 saturated heterocycles. The van der Waals surface area contributed by atoms with E-state index >= 15 is 0 Å². The van der Waals surface area contributed by atoms with E-state index in [2.05, 4.69) is 0 Å². The molecule has 0 radical (unpaired) electrons. The SMILES string of the molecule is O=C1c2ccccc2C1(Cl)Cl. The van der Waals surface area contributed by atoms with Gasteiger partial charge in [0.15, 0.2) is 0 Å². The highest BCUT2D eigenvalue weighted by atomic mass is 35.5. The molecule has 1 nitrogen and oxygen atoms in total. The van der Waals surface area contributed by atoms with Gasteiger partial charge in [0, 0.05) is 11.1 Å². The van der Waals surface area contributed by atoms with E-state index in [1.54, 1.807) is 18.2 Å². The summed E-state index contributed by atoms with van der Waals surface area (Å²) in [5, 5.41) is 0. The van der Waals surface area contributed by atoms with E-state index in [4.69, 9.17) is 23.2 Å². The van der Waals surface area contributed by atoms with Gasteiger partial charge in [-0.2, -0.15) is 0 Å². The molecule has 0 aromatic heterocycles. The summed E-state index contributed by atoms with van der Waals surface area (Å²) in [4.78, 5) is 11.1. The molecule has 0 bridgehead atoms. The molecule has 0 fully saturated rings. The van der Waals surface area contributed by atoms with E-state index in [9.17, 15) is 4.79 Å². The highest BCUT2D eigenvalue weighted by Crippen LogP contribution is 2.47. The van der Waals surface area contributed by atoms with Crippen molar-refractivity contribution in [1.82, 2.24) is 0 Å². The fourth-order valence-corrected chi connectivity index (χ4v) is 1.72. The maximum absolute atomic E-state index is 11.1. The fraction of sp³-hybridized carbons (Fsp3) is 0.125. The molecular weight excluding hydrogens is 183 g/mol. The average Bonchev–Trinajstić information content (AvgIpc) is 2.04. The summed E-state index contributed by atoms with van der Waals surface area (Å²) in [5.74, 6) is -0.198. The van der Waals surface area contributed by atoms with E-state index in [0.29, 0.717) is 11.1 Å². The van der Waals surface area contributed by atoms with Gasteiger partial charge in [0.25, 0.3) is 0 Å². The number of hydrogen-bond acceptors (Lipinski definition) is 1. The summed E-state index contributed by atoms with van der Waals surface area (Å²) in [7, 11) is 0. The van der Waals surface area contributed by atoms with Gasteiger partial charge in [0.05, 0.1) is 0 Å². The van der Waals surface area contributed by atoms with Crippen LogP contribution in [0.3, 0.4) is 0 Å². The summed E-state index contributed by atoms with van der Waals surface area (Å²) < 4.78 is -1.28. The van der Waals surface area contributed by atoms with Crippen molar-refractivity contribution >= 4 is 29.0 Å². The van der Waals surface area contributed by atoms with Crippen LogP contribution in [-0.4, -0.2) is 5.78 Å². The second-order valence-electron chi connectivity index (χ2n) is 2.45. The average molecular weight is 187 g/mol. The van der Waals surface area contributed by atoms with Crippen molar-refractivity contribution in [3.05, 3.63) is 35.4 Å². The van der Waals surface area contributed by atoms with Crippen LogP contribution in [-0.2, 0) is 4.33 Å². The van der Waals surface area contributed by atoms with Gasteiger partial charge >= 0.3 is 0 Å². The molecule has 1 aromatic rings. The van der Waals surface area contributed by atoms with Crippen LogP contribution in [0.4, 0.5) is 0 Å². The Balaban J connectivity index is 2.65. The Labute approximate surface area is 73.9 Å². The number of fused-ring (bicyclic) bond motifs is 1. The number of carbonyl (C=O) groups is 1. The van der Waals surface area contributed by atoms with Crippen LogP contribution in [0.25, 0.3) is 0 Å². The normalized spacial score (nSPS) is 18.9. The van der Waals surface area contributed by atoms with Gasteiger partial charge in [0.1, 0.15) is 0 Å². The zero-order valence-electron chi connectivity index (χ0n) is 5.47. The lowest BCUT2D eigenvalue weighted by Crippen LogP contribution is -2.36. The third-order valence-electron chi connectivity index (χ3n) is 1.80. The molecule has 2 rings (SSSR count). The number of halogens is 2. The Morgan fingerprint density at radius 1 is 1.18 bits per heavy atom. The second-order valence-corrected chi connectivity index (χ2v) is 3.78. The zero-order chi connectivity index (χ0) is 8.06. The summed E-state index contributed by atoms with van der Waals surface area (Å²) in [6.07, 6.45) is 0. The molecule has 56 valence electrons. The minimum atomic E-state index is -1.28. The third kappa shape index (κ3) is 0.754. The first-order valence-corrected chi connectivity index (χ1v) is 3.92. The molecule has 0 spiro atoms. The molecule has 0 N–H and O–H groups in total. The molecule has 0 heterocycles. The highest BCUT2D eigenvalue weighted by Gasteiger charge is 2.48. The molecular formula is C8H4Cl2O. The first-order valence-electron chi connectivity index (χ1n) is 3.16. The largest absolute Gasteiger partial charge is 0.290 e. The van der Waals surface area contributed by atoms with Crippen molar-refractivity contribution in [3.8, 4) is 0 Å². The van der Waals surface area contributed by atoms with Crippen LogP contribution in [0.5, 0.6) is 0 Å². The van der Waals surface area contributed by atoms with E-state index < -0.39 is 4.33 Å². The van der Waals surface area contributed by atoms with Crippen molar-refractivity contribution in [2.24, 2.45) is 0 Å². The quantitative estimate of drug-likeness (QED) is 0.570. The standard InChI is InChI=1S/C8H4Cl2O/c9-8(10)6-4-2-1-3-5(6)7(8)11/h1-4H. The highest BCUT2D eigenvalue weighted by molar-refractivity contribution is 6.62. The summed E-state index contributed by atoms with van der Waals surface area (Å²) in [6, 6.07) is 7.09. The topological polar surface area (TPSA) is 17.1 Å². The van der Waals surface area contributed by atoms with Gasteiger partial charge in [-0.05, 0) is 0 Å². The predicted molar refractivity (Wildman–Crippen MR) is 44.2 cm³/mol. The van der Waals surface area contributed by atoms with Gasteiger partial charge in [-0.3, -0.25) is 4.79 Å². The Hall–Kier alpha value is -0.530. The lowest BCUT2D eigenvalue weighted by molar-refractivity contribution is 0.0942. The third-order valence-corrected chi connectivity index (χ3v) is 2.55. The molecule has 1 aliphatic carbocycles. The van der Waals surface area contributed by atoms with Crippen LogP contribution in [0.15, 0.2) is 24.3 Å². The first-order chi connectivity index (χ1) is 5.14. The summed E-state index contributed by atoms with van der Waals surface area (Å²) >= 11 is 11.4. The summed E-state index contributed by atoms with van der Waals surface area (Å²) in [6.45, 7) is 0. The molecule has 1 aromatic carbocycles. The monoisotopic (exact) mass is 186 g/mol. The molecule has 0 amide bonds. The minimum absolute atomic E-state index is 0.198. The predicted octanol–water partition coefficient (Wildman–Crippen LogP) is 2.51. The van der Waals surface area contributed by atoms with Crippen LogP contribution >= 0.6 is 23.2 Å². The number of Topliss-reactive ketones (excluding diaryl/α,β-unsaturated/α-hetero) is 1. The Bertz CT molecular complexity index is 331. The number of alkyl halides is 2. The maximum Gasteiger partial charge on any atom is 0.206 e. The van der Waals surface area contributed by atoms with E-state index in [1.165, 1.54) is 0 Å². The molecule has 11 heavy (non-hydrogen) atoms. The Kier molecular flexibility index (Phi) is 1.29. The number of benzene rings is 1. The maximum atomic E-state index is 11.1. The van der Waals surface area contributed by atoms with Gasteiger partial charge in [-0.15, -0.1) is 0 Å². The summed E-state index contributed by atoms with van der Waals surface area (Å²) in [5.41, 5.74) is 1.35. The number of ketones is 1. The molecule has 0 aliphatic heterocycles. The van der Waals surface area contributed by atoms with Crippen LogP contribution < -0.4 is 0 Å². The van der Waals surface area contributed by atoms with Crippen LogP contribution in [0.1, 0.15) is 15.9 Å². The van der Waals surface area contributed by atoms with Crippen molar-refractivity contribution < 1.29 is 4.79 Å². The lowest BCUT2D eigenvalue weighted by atomic mass is 9.86. The van der Waals surface area contributed by atoms with Crippen LogP contribution in [0, 0.1) is 0 Å². The molecule has 3 heteroatoms. The van der Waals surface area contributed by atoms with Crippen molar-refractivity contribution in [2.45, 2.75) is 4.33 Å². The zero-order valence-corrected chi connectivity index (χ0v) is 6.99. The van der Waals surface area contributed by atoms with E-state index in [0.717, 1.165) is 0 Å². The van der Waals surface area contributed by atoms with Gasteiger partial charge < -0.3 is 0 Å². The molecule has 0 saturated carbocycles. The lowest BCUT2D eigenvalue weighted by Gasteiger charge is -2.30. The van der Waals surface area contributed by atoms with E-state index in [-0.39, 0.29) is 5.78 Å². The first kappa shape index (κ1) is 7.14. The van der Waals surface area contributed by atoms with Crippen molar-refractivity contribution in [1.29, 1.82) is 0 Å². The van der Waals surface area contributed by atoms with Crippen LogP contribution in [0.2, 0.25) is 0 Å². The molecule has 1 aliphatic rings. The molecule has 0 atom stereocenters. The van der Waals surface area contributed by atoms with Gasteiger partial charge in [0.2, 0.25) is 10.1 Å². The second kappa shape index (κ2) is 1.99. The van der Waals surface area contributed by atoms with Gasteiger partial charge in [-0.1, -0.05) is 47.5 Å². The Morgan fingerprint density at radius 3 is 2.45 bits per heavy atom. The van der Waals surface area contributed by atoms with Crippen molar-refractivity contribution in [3.63, 3.8) is 0 Å². The molecule has 0 unspecified atom stereocenters. The van der Waals surface area contributed by atoms with Gasteiger partial charge in [-0.25, -0.2) is 0 Å². The smallest absolute Gasteiger partial charge is 0.206 e. The number of rotatable bonds is 0. The fourth-order valence-electron chi connectivity index (χ4n) is 1.18.